The van der Waals surface area contributed by atoms with Crippen molar-refractivity contribution in [3.05, 3.63) is 35.9 Å². The smallest absolute Gasteiger partial charge is 0.312 e. The molecule has 1 aliphatic heterocycles. The molecule has 5 heteroatoms. The predicted molar refractivity (Wildman–Crippen MR) is 83.4 cm³/mol. The number of amides is 2. The number of hydrogen-bond acceptors (Lipinski definition) is 3. The molecule has 1 saturated heterocycles. The van der Waals surface area contributed by atoms with Crippen LogP contribution in [0, 0.1) is 0 Å². The summed E-state index contributed by atoms with van der Waals surface area (Å²) in [6, 6.07) is 8.35. The molecule has 1 aliphatic rings. The first-order valence-electron chi connectivity index (χ1n) is 7.52. The molecule has 1 unspecified atom stereocenters. The van der Waals surface area contributed by atoms with Gasteiger partial charge in [0.25, 0.3) is 0 Å². The highest BCUT2D eigenvalue weighted by Gasteiger charge is 2.37. The van der Waals surface area contributed by atoms with E-state index in [-0.39, 0.29) is 5.78 Å². The summed E-state index contributed by atoms with van der Waals surface area (Å²) in [4.78, 5) is 38.3. The number of rotatable bonds is 2. The Morgan fingerprint density at radius 1 is 1.14 bits per heavy atom. The minimum absolute atomic E-state index is 0.102. The fourth-order valence-electron chi connectivity index (χ4n) is 2.60. The summed E-state index contributed by atoms with van der Waals surface area (Å²) >= 11 is 0. The van der Waals surface area contributed by atoms with Crippen LogP contribution in [0.5, 0.6) is 0 Å². The third kappa shape index (κ3) is 3.72. The van der Waals surface area contributed by atoms with Crippen LogP contribution in [0.15, 0.2) is 30.3 Å². The van der Waals surface area contributed by atoms with Gasteiger partial charge in [-0.15, -0.1) is 0 Å². The van der Waals surface area contributed by atoms with Gasteiger partial charge in [0.1, 0.15) is 0 Å². The Hall–Kier alpha value is -2.17. The topological polar surface area (TPSA) is 66.5 Å². The summed E-state index contributed by atoms with van der Waals surface area (Å²) in [5.41, 5.74) is 0.0919. The first-order chi connectivity index (χ1) is 10.3. The number of nitrogens with one attached hydrogen (secondary N) is 1. The van der Waals surface area contributed by atoms with Crippen molar-refractivity contribution >= 4 is 17.6 Å². The predicted octanol–water partition coefficient (Wildman–Crippen LogP) is 1.77. The second-order valence-corrected chi connectivity index (χ2v) is 6.59. The Morgan fingerprint density at radius 3 is 2.36 bits per heavy atom. The van der Waals surface area contributed by atoms with Crippen LogP contribution in [-0.4, -0.2) is 40.6 Å². The molecule has 1 heterocycles. The van der Waals surface area contributed by atoms with E-state index in [4.69, 9.17) is 0 Å². The van der Waals surface area contributed by atoms with Crippen molar-refractivity contribution in [1.82, 2.24) is 10.2 Å². The Kier molecular flexibility index (Phi) is 4.64. The summed E-state index contributed by atoms with van der Waals surface area (Å²) in [6.45, 7) is 5.89. The number of ketones is 1. The van der Waals surface area contributed by atoms with Crippen LogP contribution in [0.4, 0.5) is 0 Å². The molecule has 22 heavy (non-hydrogen) atoms. The van der Waals surface area contributed by atoms with E-state index in [9.17, 15) is 14.4 Å². The molecule has 0 saturated carbocycles. The Bertz CT molecular complexity index is 575. The van der Waals surface area contributed by atoms with E-state index < -0.39 is 23.4 Å². The summed E-state index contributed by atoms with van der Waals surface area (Å²) in [5, 5.41) is 2.65. The Morgan fingerprint density at radius 2 is 1.77 bits per heavy atom. The van der Waals surface area contributed by atoms with Crippen molar-refractivity contribution in [3.8, 4) is 0 Å². The number of hydrogen-bond donors (Lipinski definition) is 1. The van der Waals surface area contributed by atoms with Crippen LogP contribution in [0.2, 0.25) is 0 Å². The molecule has 0 aliphatic carbocycles. The van der Waals surface area contributed by atoms with E-state index in [1.807, 2.05) is 26.8 Å². The van der Waals surface area contributed by atoms with Gasteiger partial charge >= 0.3 is 11.8 Å². The number of benzene rings is 1. The van der Waals surface area contributed by atoms with Crippen LogP contribution >= 0.6 is 0 Å². The van der Waals surface area contributed by atoms with Crippen LogP contribution < -0.4 is 5.32 Å². The van der Waals surface area contributed by atoms with Crippen molar-refractivity contribution in [3.63, 3.8) is 0 Å². The van der Waals surface area contributed by atoms with Crippen molar-refractivity contribution in [2.75, 3.05) is 6.54 Å². The molecule has 2 rings (SSSR count). The first-order valence-corrected chi connectivity index (χ1v) is 7.52. The Labute approximate surface area is 130 Å². The van der Waals surface area contributed by atoms with E-state index in [1.165, 1.54) is 4.90 Å². The standard InChI is InChI=1S/C17H22N2O3/c1-17(2,3)18-15(21)16(22)19-11-7-10-13(19)14(20)12-8-5-4-6-9-12/h4-6,8-9,13H,7,10-11H2,1-3H3,(H,18,21). The molecular weight excluding hydrogens is 280 g/mol. The van der Waals surface area contributed by atoms with Crippen LogP contribution in [0.3, 0.4) is 0 Å². The lowest BCUT2D eigenvalue weighted by Gasteiger charge is -2.26. The van der Waals surface area contributed by atoms with Gasteiger partial charge in [-0.25, -0.2) is 0 Å². The summed E-state index contributed by atoms with van der Waals surface area (Å²) in [6.07, 6.45) is 1.33. The largest absolute Gasteiger partial charge is 0.343 e. The van der Waals surface area contributed by atoms with E-state index in [1.54, 1.807) is 24.3 Å². The van der Waals surface area contributed by atoms with Gasteiger partial charge in [0.2, 0.25) is 0 Å². The summed E-state index contributed by atoms with van der Waals surface area (Å²) in [5.74, 6) is -1.38. The lowest BCUT2D eigenvalue weighted by Crippen LogP contribution is -2.52. The Balaban J connectivity index is 2.12. The fraction of sp³-hybridized carbons (Fsp3) is 0.471. The molecule has 2 amide bonds. The maximum atomic E-state index is 12.5. The molecule has 5 nitrogen and oxygen atoms in total. The molecule has 118 valence electrons. The van der Waals surface area contributed by atoms with Gasteiger partial charge in [-0.1, -0.05) is 30.3 Å². The maximum Gasteiger partial charge on any atom is 0.312 e. The quantitative estimate of drug-likeness (QED) is 0.669. The minimum Gasteiger partial charge on any atom is -0.343 e. The molecule has 1 N–H and O–H groups in total. The monoisotopic (exact) mass is 302 g/mol. The van der Waals surface area contributed by atoms with E-state index in [0.29, 0.717) is 18.5 Å². The van der Waals surface area contributed by atoms with Crippen molar-refractivity contribution in [2.45, 2.75) is 45.2 Å². The van der Waals surface area contributed by atoms with Gasteiger partial charge in [0.15, 0.2) is 5.78 Å². The zero-order valence-electron chi connectivity index (χ0n) is 13.3. The van der Waals surface area contributed by atoms with E-state index in [0.717, 1.165) is 6.42 Å². The normalized spacial score (nSPS) is 18.1. The SMILES string of the molecule is CC(C)(C)NC(=O)C(=O)N1CCCC1C(=O)c1ccccc1. The van der Waals surface area contributed by atoms with E-state index in [2.05, 4.69) is 5.32 Å². The highest BCUT2D eigenvalue weighted by atomic mass is 16.2. The molecule has 0 radical (unpaired) electrons. The second kappa shape index (κ2) is 6.30. The van der Waals surface area contributed by atoms with Gasteiger partial charge in [0, 0.05) is 17.6 Å². The zero-order valence-corrected chi connectivity index (χ0v) is 13.3. The minimum atomic E-state index is -0.653. The molecule has 1 aromatic rings. The summed E-state index contributed by atoms with van der Waals surface area (Å²) in [7, 11) is 0. The van der Waals surface area contributed by atoms with Crippen LogP contribution in [0.1, 0.15) is 44.0 Å². The van der Waals surface area contributed by atoms with Crippen molar-refractivity contribution in [2.24, 2.45) is 0 Å². The maximum absolute atomic E-state index is 12.5. The lowest BCUT2D eigenvalue weighted by molar-refractivity contribution is -0.146. The molecule has 0 bridgehead atoms. The number of carbonyl (C=O) groups is 3. The third-order valence-corrected chi connectivity index (χ3v) is 3.56. The molecule has 0 spiro atoms. The highest BCUT2D eigenvalue weighted by molar-refractivity contribution is 6.35. The average Bonchev–Trinajstić information content (AvgIpc) is 2.94. The van der Waals surface area contributed by atoms with Gasteiger partial charge in [-0.3, -0.25) is 14.4 Å². The fourth-order valence-corrected chi connectivity index (χ4v) is 2.60. The first kappa shape index (κ1) is 16.2. The van der Waals surface area contributed by atoms with Crippen LogP contribution in [-0.2, 0) is 9.59 Å². The number of carbonyl (C=O) groups excluding carboxylic acids is 3. The molecule has 1 atom stereocenters. The van der Waals surface area contributed by atoms with Crippen molar-refractivity contribution in [1.29, 1.82) is 0 Å². The van der Waals surface area contributed by atoms with Crippen molar-refractivity contribution < 1.29 is 14.4 Å². The van der Waals surface area contributed by atoms with Gasteiger partial charge in [-0.05, 0) is 33.6 Å². The van der Waals surface area contributed by atoms with E-state index >= 15 is 0 Å². The molecular formula is C17H22N2O3. The molecule has 0 aromatic heterocycles. The summed E-state index contributed by atoms with van der Waals surface area (Å²) < 4.78 is 0. The molecule has 1 aromatic carbocycles. The number of likely N-dealkylation sites (tertiary alicyclic amines) is 1. The van der Waals surface area contributed by atoms with Gasteiger partial charge < -0.3 is 10.2 Å². The zero-order chi connectivity index (χ0) is 16.3. The number of nitrogens with zero attached hydrogens (tertiary/aromatic N) is 1. The second-order valence-electron chi connectivity index (χ2n) is 6.59. The number of Topliss-reactive ketones (excluding diaryl/α,β-unsaturated/α-hetero) is 1. The average molecular weight is 302 g/mol. The van der Waals surface area contributed by atoms with Gasteiger partial charge in [0.05, 0.1) is 6.04 Å². The lowest BCUT2D eigenvalue weighted by atomic mass is 10.0. The highest BCUT2D eigenvalue weighted by Crippen LogP contribution is 2.21. The third-order valence-electron chi connectivity index (χ3n) is 3.56. The van der Waals surface area contributed by atoms with Gasteiger partial charge in [-0.2, -0.15) is 0 Å². The molecule has 1 fully saturated rings. The van der Waals surface area contributed by atoms with Crippen LogP contribution in [0.25, 0.3) is 0 Å².